The monoisotopic (exact) mass is 338 g/mol. The van der Waals surface area contributed by atoms with Crippen molar-refractivity contribution < 1.29 is 14.7 Å². The Morgan fingerprint density at radius 3 is 2.65 bits per heavy atom. The summed E-state index contributed by atoms with van der Waals surface area (Å²) in [6.07, 6.45) is 2.23. The predicted molar refractivity (Wildman–Crippen MR) is 77.3 cm³/mol. The Kier molecular flexibility index (Phi) is 3.20. The summed E-state index contributed by atoms with van der Waals surface area (Å²) in [5.74, 6) is -1.35. The molecule has 3 atom stereocenters. The van der Waals surface area contributed by atoms with Crippen molar-refractivity contribution in [2.75, 3.05) is 5.73 Å². The molecule has 106 valence electrons. The topological polar surface area (TPSA) is 83.6 Å². The molecule has 2 aliphatic heterocycles. The van der Waals surface area contributed by atoms with E-state index in [4.69, 9.17) is 5.73 Å². The Labute approximate surface area is 124 Å². The molecule has 2 heterocycles. The van der Waals surface area contributed by atoms with Gasteiger partial charge in [0.05, 0.1) is 5.92 Å². The van der Waals surface area contributed by atoms with Gasteiger partial charge < -0.3 is 15.7 Å². The molecule has 20 heavy (non-hydrogen) atoms. The number of aliphatic carboxylic acids is 1. The first kappa shape index (κ1) is 13.4. The van der Waals surface area contributed by atoms with Crippen molar-refractivity contribution in [3.63, 3.8) is 0 Å². The number of rotatable bonds is 2. The first-order valence-electron chi connectivity index (χ1n) is 6.59. The number of nitrogens with zero attached hydrogens (tertiary/aromatic N) is 1. The highest BCUT2D eigenvalue weighted by molar-refractivity contribution is 9.10. The van der Waals surface area contributed by atoms with E-state index >= 15 is 0 Å². The maximum Gasteiger partial charge on any atom is 0.308 e. The predicted octanol–water partition coefficient (Wildman–Crippen LogP) is 2.11. The van der Waals surface area contributed by atoms with Gasteiger partial charge in [-0.2, -0.15) is 0 Å². The molecular formula is C14H15BrN2O3. The van der Waals surface area contributed by atoms with Crippen molar-refractivity contribution in [1.29, 1.82) is 0 Å². The van der Waals surface area contributed by atoms with Crippen molar-refractivity contribution in [2.45, 2.75) is 31.3 Å². The molecule has 6 heteroatoms. The number of nitrogen functional groups attached to an aromatic ring is 1. The minimum absolute atomic E-state index is 0.0498. The fraction of sp³-hybridized carbons (Fsp3) is 0.429. The van der Waals surface area contributed by atoms with Gasteiger partial charge in [0.25, 0.3) is 5.91 Å². The van der Waals surface area contributed by atoms with Crippen molar-refractivity contribution in [1.82, 2.24) is 4.90 Å². The van der Waals surface area contributed by atoms with Crippen LogP contribution in [0.1, 0.15) is 29.6 Å². The molecule has 5 nitrogen and oxygen atoms in total. The molecule has 2 fully saturated rings. The van der Waals surface area contributed by atoms with Crippen LogP contribution in [0.2, 0.25) is 0 Å². The number of halogens is 1. The fourth-order valence-electron chi connectivity index (χ4n) is 3.46. The number of benzene rings is 1. The molecule has 3 unspecified atom stereocenters. The second kappa shape index (κ2) is 4.77. The summed E-state index contributed by atoms with van der Waals surface area (Å²) in [5.41, 5.74) is 6.79. The molecule has 2 bridgehead atoms. The van der Waals surface area contributed by atoms with Gasteiger partial charge in [-0.15, -0.1) is 0 Å². The second-order valence-corrected chi connectivity index (χ2v) is 6.38. The number of carbonyl (C=O) groups is 2. The number of amides is 1. The summed E-state index contributed by atoms with van der Waals surface area (Å²) in [6, 6.07) is 4.97. The Morgan fingerprint density at radius 1 is 1.30 bits per heavy atom. The van der Waals surface area contributed by atoms with E-state index in [0.717, 1.165) is 17.3 Å². The fourth-order valence-corrected chi connectivity index (χ4v) is 3.97. The zero-order valence-corrected chi connectivity index (χ0v) is 12.3. The van der Waals surface area contributed by atoms with E-state index in [1.54, 1.807) is 23.1 Å². The van der Waals surface area contributed by atoms with Gasteiger partial charge in [-0.25, -0.2) is 0 Å². The highest BCUT2D eigenvalue weighted by atomic mass is 79.9. The van der Waals surface area contributed by atoms with E-state index < -0.39 is 11.9 Å². The molecule has 1 amide bonds. The number of carbonyl (C=O) groups excluding carboxylic acids is 1. The van der Waals surface area contributed by atoms with Crippen molar-refractivity contribution in [2.24, 2.45) is 5.92 Å². The summed E-state index contributed by atoms with van der Waals surface area (Å²) < 4.78 is 0.752. The molecule has 0 radical (unpaired) electrons. The van der Waals surface area contributed by atoms with Gasteiger partial charge in [0.2, 0.25) is 0 Å². The van der Waals surface area contributed by atoms with E-state index in [1.165, 1.54) is 0 Å². The molecule has 3 rings (SSSR count). The highest BCUT2D eigenvalue weighted by Crippen LogP contribution is 2.42. The SMILES string of the molecule is Nc1cc(Br)cc(C(=O)N2C3CCC2C(C(=O)O)C3)c1. The highest BCUT2D eigenvalue weighted by Gasteiger charge is 2.51. The molecule has 0 aromatic heterocycles. The number of carboxylic acid groups (broad SMARTS) is 1. The maximum absolute atomic E-state index is 12.6. The maximum atomic E-state index is 12.6. The van der Waals surface area contributed by atoms with Crippen LogP contribution in [-0.2, 0) is 4.79 Å². The Morgan fingerprint density at radius 2 is 2.05 bits per heavy atom. The second-order valence-electron chi connectivity index (χ2n) is 5.46. The summed E-state index contributed by atoms with van der Waals surface area (Å²) in [5, 5.41) is 9.23. The Balaban J connectivity index is 1.90. The van der Waals surface area contributed by atoms with E-state index in [9.17, 15) is 14.7 Å². The third kappa shape index (κ3) is 2.08. The molecule has 2 saturated heterocycles. The largest absolute Gasteiger partial charge is 0.481 e. The number of fused-ring (bicyclic) bond motifs is 2. The van der Waals surface area contributed by atoms with Crippen LogP contribution < -0.4 is 5.73 Å². The first-order chi connectivity index (χ1) is 9.47. The molecule has 2 aliphatic rings. The van der Waals surface area contributed by atoms with Gasteiger partial charge in [-0.1, -0.05) is 15.9 Å². The first-order valence-corrected chi connectivity index (χ1v) is 7.38. The molecule has 3 N–H and O–H groups in total. The van der Waals surface area contributed by atoms with Gasteiger partial charge in [-0.3, -0.25) is 9.59 Å². The van der Waals surface area contributed by atoms with E-state index in [-0.39, 0.29) is 18.0 Å². The van der Waals surface area contributed by atoms with Crippen molar-refractivity contribution in [3.05, 3.63) is 28.2 Å². The summed E-state index contributed by atoms with van der Waals surface area (Å²) >= 11 is 3.33. The quantitative estimate of drug-likeness (QED) is 0.809. The lowest BCUT2D eigenvalue weighted by Crippen LogP contribution is -2.37. The standard InChI is InChI=1S/C14H15BrN2O3/c15-8-3-7(4-9(16)5-8)13(18)17-10-1-2-12(17)11(6-10)14(19)20/h3-5,10-12H,1-2,6,16H2,(H,19,20). The normalized spacial score (nSPS) is 27.9. The summed E-state index contributed by atoms with van der Waals surface area (Å²) in [4.78, 5) is 25.6. The zero-order chi connectivity index (χ0) is 14.4. The number of anilines is 1. The van der Waals surface area contributed by atoms with Crippen LogP contribution in [0.15, 0.2) is 22.7 Å². The van der Waals surface area contributed by atoms with E-state index in [0.29, 0.717) is 17.7 Å². The third-order valence-corrected chi connectivity index (χ3v) is 4.71. The van der Waals surface area contributed by atoms with Crippen LogP contribution in [0.3, 0.4) is 0 Å². The van der Waals surface area contributed by atoms with Crippen LogP contribution in [0.4, 0.5) is 5.69 Å². The van der Waals surface area contributed by atoms with Gasteiger partial charge in [0, 0.05) is 27.8 Å². The lowest BCUT2D eigenvalue weighted by Gasteiger charge is -2.23. The van der Waals surface area contributed by atoms with Gasteiger partial charge in [0.15, 0.2) is 0 Å². The van der Waals surface area contributed by atoms with Crippen LogP contribution in [-0.4, -0.2) is 34.0 Å². The average molecular weight is 339 g/mol. The average Bonchev–Trinajstić information content (AvgIpc) is 2.94. The van der Waals surface area contributed by atoms with Gasteiger partial charge >= 0.3 is 5.97 Å². The zero-order valence-electron chi connectivity index (χ0n) is 10.8. The molecule has 1 aromatic carbocycles. The van der Waals surface area contributed by atoms with Gasteiger partial charge in [-0.05, 0) is 37.5 Å². The minimum atomic E-state index is -0.802. The van der Waals surface area contributed by atoms with Crippen LogP contribution in [0, 0.1) is 5.92 Å². The number of nitrogens with two attached hydrogens (primary N) is 1. The van der Waals surface area contributed by atoms with Crippen molar-refractivity contribution >= 4 is 33.5 Å². The number of carboxylic acids is 1. The van der Waals surface area contributed by atoms with E-state index in [1.807, 2.05) is 0 Å². The molecule has 0 spiro atoms. The minimum Gasteiger partial charge on any atom is -0.481 e. The van der Waals surface area contributed by atoms with Crippen molar-refractivity contribution in [3.8, 4) is 0 Å². The van der Waals surface area contributed by atoms with Gasteiger partial charge in [0.1, 0.15) is 0 Å². The Hall–Kier alpha value is -1.56. The molecular weight excluding hydrogens is 324 g/mol. The van der Waals surface area contributed by atoms with E-state index in [2.05, 4.69) is 15.9 Å². The van der Waals surface area contributed by atoms with Crippen LogP contribution in [0.25, 0.3) is 0 Å². The number of hydrogen-bond donors (Lipinski definition) is 2. The van der Waals surface area contributed by atoms with Crippen LogP contribution in [0.5, 0.6) is 0 Å². The molecule has 0 aliphatic carbocycles. The smallest absolute Gasteiger partial charge is 0.308 e. The third-order valence-electron chi connectivity index (χ3n) is 4.26. The molecule has 0 saturated carbocycles. The number of hydrogen-bond acceptors (Lipinski definition) is 3. The summed E-state index contributed by atoms with van der Waals surface area (Å²) in [7, 11) is 0. The summed E-state index contributed by atoms with van der Waals surface area (Å²) in [6.45, 7) is 0. The lowest BCUT2D eigenvalue weighted by atomic mass is 9.89. The molecule has 1 aromatic rings. The van der Waals surface area contributed by atoms with Crippen LogP contribution >= 0.6 is 15.9 Å². The Bertz CT molecular complexity index is 570. The lowest BCUT2D eigenvalue weighted by molar-refractivity contribution is -0.142.